The van der Waals surface area contributed by atoms with Gasteiger partial charge in [-0.15, -0.1) is 11.3 Å². The third-order valence-corrected chi connectivity index (χ3v) is 5.40. The maximum Gasteiger partial charge on any atom is 0.260 e. The van der Waals surface area contributed by atoms with Gasteiger partial charge in [-0.1, -0.05) is 42.5 Å². The standard InChI is InChI=1S/C21H18FN3OS/c1-13(14-5-3-2-4-6-14)23-11-18-24-20(26)19-17(12-27-21(19)25-18)15-7-9-16(22)10-8-15/h2-10,12-13,23H,11H2,1H3,(H,24,25,26)/t13-/m0/s1. The molecule has 0 saturated heterocycles. The van der Waals surface area contributed by atoms with E-state index in [1.165, 1.54) is 29.0 Å². The molecule has 0 saturated carbocycles. The van der Waals surface area contributed by atoms with Crippen LogP contribution in [0.2, 0.25) is 0 Å². The Morgan fingerprint density at radius 2 is 1.89 bits per heavy atom. The van der Waals surface area contributed by atoms with Crippen molar-refractivity contribution < 1.29 is 4.39 Å². The average molecular weight is 379 g/mol. The first kappa shape index (κ1) is 17.6. The molecule has 4 nitrogen and oxygen atoms in total. The van der Waals surface area contributed by atoms with E-state index in [9.17, 15) is 9.18 Å². The predicted octanol–water partition coefficient (Wildman–Crippen LogP) is 4.64. The Kier molecular flexibility index (Phi) is 4.83. The Balaban J connectivity index is 1.59. The molecule has 0 unspecified atom stereocenters. The van der Waals surface area contributed by atoms with E-state index in [1.807, 2.05) is 23.6 Å². The predicted molar refractivity (Wildman–Crippen MR) is 107 cm³/mol. The van der Waals surface area contributed by atoms with Gasteiger partial charge in [-0.25, -0.2) is 9.37 Å². The van der Waals surface area contributed by atoms with Gasteiger partial charge in [-0.3, -0.25) is 4.79 Å². The zero-order valence-corrected chi connectivity index (χ0v) is 15.5. The van der Waals surface area contributed by atoms with Crippen molar-refractivity contribution in [3.8, 4) is 11.1 Å². The summed E-state index contributed by atoms with van der Waals surface area (Å²) >= 11 is 1.42. The number of nitrogens with one attached hydrogen (secondary N) is 2. The summed E-state index contributed by atoms with van der Waals surface area (Å²) in [5.74, 6) is 0.300. The lowest BCUT2D eigenvalue weighted by molar-refractivity contribution is 0.559. The molecule has 1 atom stereocenters. The van der Waals surface area contributed by atoms with Crippen LogP contribution in [-0.2, 0) is 6.54 Å². The molecule has 2 heterocycles. The smallest absolute Gasteiger partial charge is 0.260 e. The number of thiophene rings is 1. The van der Waals surface area contributed by atoms with Gasteiger partial charge in [0.15, 0.2) is 0 Å². The van der Waals surface area contributed by atoms with Crippen LogP contribution in [0.5, 0.6) is 0 Å². The lowest BCUT2D eigenvalue weighted by atomic mass is 10.1. The van der Waals surface area contributed by atoms with Crippen LogP contribution >= 0.6 is 11.3 Å². The maximum absolute atomic E-state index is 13.2. The second-order valence-electron chi connectivity index (χ2n) is 6.36. The van der Waals surface area contributed by atoms with E-state index < -0.39 is 0 Å². The summed E-state index contributed by atoms with van der Waals surface area (Å²) in [5, 5.41) is 5.82. The van der Waals surface area contributed by atoms with Crippen LogP contribution < -0.4 is 10.9 Å². The molecule has 0 aliphatic heterocycles. The Hall–Kier alpha value is -2.83. The first-order valence-corrected chi connectivity index (χ1v) is 9.54. The minimum atomic E-state index is -0.300. The van der Waals surface area contributed by atoms with E-state index in [0.717, 1.165) is 11.1 Å². The summed E-state index contributed by atoms with van der Waals surface area (Å²) in [7, 11) is 0. The SMILES string of the molecule is C[C@H](NCc1nc2scc(-c3ccc(F)cc3)c2c(=O)[nH]1)c1ccccc1. The molecule has 0 amide bonds. The molecule has 6 heteroatoms. The van der Waals surface area contributed by atoms with Crippen molar-refractivity contribution in [1.29, 1.82) is 0 Å². The largest absolute Gasteiger partial charge is 0.309 e. The molecule has 4 rings (SSSR count). The van der Waals surface area contributed by atoms with Crippen molar-refractivity contribution in [3.63, 3.8) is 0 Å². The van der Waals surface area contributed by atoms with Crippen molar-refractivity contribution in [2.24, 2.45) is 0 Å². The average Bonchev–Trinajstić information content (AvgIpc) is 3.12. The number of aromatic nitrogens is 2. The normalized spacial score (nSPS) is 12.4. The summed E-state index contributed by atoms with van der Waals surface area (Å²) < 4.78 is 13.2. The number of rotatable bonds is 5. The van der Waals surface area contributed by atoms with E-state index in [4.69, 9.17) is 0 Å². The fourth-order valence-electron chi connectivity index (χ4n) is 3.03. The minimum Gasteiger partial charge on any atom is -0.309 e. The molecule has 2 N–H and O–H groups in total. The number of benzene rings is 2. The van der Waals surface area contributed by atoms with Gasteiger partial charge in [0.2, 0.25) is 0 Å². The quantitative estimate of drug-likeness (QED) is 0.531. The molecule has 2 aromatic carbocycles. The van der Waals surface area contributed by atoms with Crippen LogP contribution in [0, 0.1) is 5.82 Å². The summed E-state index contributed by atoms with van der Waals surface area (Å²) in [6.45, 7) is 2.54. The fraction of sp³-hybridized carbons (Fsp3) is 0.143. The van der Waals surface area contributed by atoms with E-state index >= 15 is 0 Å². The summed E-state index contributed by atoms with van der Waals surface area (Å²) in [6.07, 6.45) is 0. The monoisotopic (exact) mass is 379 g/mol. The number of H-pyrrole nitrogens is 1. The molecule has 2 aromatic heterocycles. The van der Waals surface area contributed by atoms with Crippen LogP contribution in [0.15, 0.2) is 64.8 Å². The van der Waals surface area contributed by atoms with Crippen molar-refractivity contribution in [3.05, 3.63) is 87.5 Å². The van der Waals surface area contributed by atoms with Gasteiger partial charge < -0.3 is 10.3 Å². The van der Waals surface area contributed by atoms with Crippen molar-refractivity contribution >= 4 is 21.6 Å². The molecule has 0 fully saturated rings. The van der Waals surface area contributed by atoms with Gasteiger partial charge in [0.25, 0.3) is 5.56 Å². The number of hydrogen-bond donors (Lipinski definition) is 2. The highest BCUT2D eigenvalue weighted by atomic mass is 32.1. The molecule has 0 radical (unpaired) electrons. The van der Waals surface area contributed by atoms with Gasteiger partial charge in [-0.2, -0.15) is 0 Å². The van der Waals surface area contributed by atoms with Crippen molar-refractivity contribution in [2.45, 2.75) is 19.5 Å². The van der Waals surface area contributed by atoms with E-state index in [2.05, 4.69) is 34.3 Å². The second-order valence-corrected chi connectivity index (χ2v) is 7.22. The first-order valence-electron chi connectivity index (χ1n) is 8.66. The maximum atomic E-state index is 13.2. The molecule has 136 valence electrons. The summed E-state index contributed by atoms with van der Waals surface area (Å²) in [6, 6.07) is 16.4. The number of nitrogens with zero attached hydrogens (tertiary/aromatic N) is 1. The highest BCUT2D eigenvalue weighted by molar-refractivity contribution is 7.17. The third-order valence-electron chi connectivity index (χ3n) is 4.52. The van der Waals surface area contributed by atoms with Crippen LogP contribution in [0.25, 0.3) is 21.3 Å². The zero-order chi connectivity index (χ0) is 18.8. The Bertz CT molecular complexity index is 1120. The molecular weight excluding hydrogens is 361 g/mol. The van der Waals surface area contributed by atoms with Gasteiger partial charge in [0.1, 0.15) is 16.5 Å². The lowest BCUT2D eigenvalue weighted by Gasteiger charge is -2.13. The van der Waals surface area contributed by atoms with Crippen LogP contribution in [0.3, 0.4) is 0 Å². The van der Waals surface area contributed by atoms with Gasteiger partial charge in [-0.05, 0) is 30.2 Å². The number of halogens is 1. The topological polar surface area (TPSA) is 57.8 Å². The highest BCUT2D eigenvalue weighted by Gasteiger charge is 2.13. The van der Waals surface area contributed by atoms with E-state index in [1.54, 1.807) is 12.1 Å². The summed E-state index contributed by atoms with van der Waals surface area (Å²) in [5.41, 5.74) is 2.58. The molecule has 0 spiro atoms. The zero-order valence-electron chi connectivity index (χ0n) is 14.7. The van der Waals surface area contributed by atoms with Gasteiger partial charge in [0, 0.05) is 17.0 Å². The Morgan fingerprint density at radius 1 is 1.15 bits per heavy atom. The summed E-state index contributed by atoms with van der Waals surface area (Å²) in [4.78, 5) is 20.8. The molecule has 0 aliphatic rings. The first-order chi connectivity index (χ1) is 13.1. The van der Waals surface area contributed by atoms with Gasteiger partial charge >= 0.3 is 0 Å². The molecular formula is C21H18FN3OS. The molecule has 27 heavy (non-hydrogen) atoms. The number of aromatic amines is 1. The van der Waals surface area contributed by atoms with E-state index in [0.29, 0.717) is 22.6 Å². The fourth-order valence-corrected chi connectivity index (χ4v) is 4.00. The van der Waals surface area contributed by atoms with Crippen molar-refractivity contribution in [1.82, 2.24) is 15.3 Å². The van der Waals surface area contributed by atoms with Crippen LogP contribution in [0.4, 0.5) is 4.39 Å². The second kappa shape index (κ2) is 7.42. The number of fused-ring (bicyclic) bond motifs is 1. The van der Waals surface area contributed by atoms with Crippen molar-refractivity contribution in [2.75, 3.05) is 0 Å². The number of hydrogen-bond acceptors (Lipinski definition) is 4. The molecule has 4 aromatic rings. The third kappa shape index (κ3) is 3.67. The minimum absolute atomic E-state index is 0.144. The van der Waals surface area contributed by atoms with Crippen LogP contribution in [-0.4, -0.2) is 9.97 Å². The van der Waals surface area contributed by atoms with E-state index in [-0.39, 0.29) is 17.4 Å². The lowest BCUT2D eigenvalue weighted by Crippen LogP contribution is -2.22. The van der Waals surface area contributed by atoms with Gasteiger partial charge in [0.05, 0.1) is 11.9 Å². The van der Waals surface area contributed by atoms with Crippen LogP contribution in [0.1, 0.15) is 24.4 Å². The Morgan fingerprint density at radius 3 is 2.63 bits per heavy atom. The highest BCUT2D eigenvalue weighted by Crippen LogP contribution is 2.30. The molecule has 0 bridgehead atoms. The Labute approximate surface area is 159 Å². The molecule has 0 aliphatic carbocycles.